The van der Waals surface area contributed by atoms with Crippen LogP contribution in [0.2, 0.25) is 0 Å². The van der Waals surface area contributed by atoms with Crippen molar-refractivity contribution in [3.63, 3.8) is 0 Å². The Kier molecular flexibility index (Phi) is 4.74. The summed E-state index contributed by atoms with van der Waals surface area (Å²) >= 11 is 0. The second kappa shape index (κ2) is 6.52. The lowest BCUT2D eigenvalue weighted by molar-refractivity contribution is 0.0951. The zero-order valence-corrected chi connectivity index (χ0v) is 11.6. The molecule has 1 atom stereocenters. The van der Waals surface area contributed by atoms with Gasteiger partial charge in [0.2, 0.25) is 0 Å². The van der Waals surface area contributed by atoms with Crippen molar-refractivity contribution >= 4 is 11.7 Å². The molecule has 0 saturated carbocycles. The van der Waals surface area contributed by atoms with Gasteiger partial charge in [-0.15, -0.1) is 0 Å². The van der Waals surface area contributed by atoms with E-state index < -0.39 is 0 Å². The van der Waals surface area contributed by atoms with Gasteiger partial charge in [-0.1, -0.05) is 0 Å². The highest BCUT2D eigenvalue weighted by atomic mass is 16.1. The summed E-state index contributed by atoms with van der Waals surface area (Å²) in [7, 11) is 0. The first-order chi connectivity index (χ1) is 9.16. The highest BCUT2D eigenvalue weighted by molar-refractivity contribution is 5.98. The summed E-state index contributed by atoms with van der Waals surface area (Å²) in [6, 6.07) is 4.24. The fraction of sp³-hybridized carbons (Fsp3) is 0.571. The molecule has 19 heavy (non-hydrogen) atoms. The number of hydrogen-bond acceptors (Lipinski definition) is 4. The molecule has 2 rings (SSSR count). The molecular weight excluding hydrogens is 240 g/mol. The van der Waals surface area contributed by atoms with Gasteiger partial charge in [0.15, 0.2) is 0 Å². The molecule has 1 amide bonds. The van der Waals surface area contributed by atoms with Crippen LogP contribution < -0.4 is 16.0 Å². The molecule has 104 valence electrons. The first-order valence-corrected chi connectivity index (χ1v) is 6.90. The number of anilines is 1. The zero-order chi connectivity index (χ0) is 13.7. The number of carbonyl (C=O) groups is 1. The number of hydrogen-bond donors (Lipinski definition) is 3. The van der Waals surface area contributed by atoms with Crippen molar-refractivity contribution in [1.82, 2.24) is 15.6 Å². The molecule has 0 aromatic carbocycles. The molecule has 1 fully saturated rings. The minimum Gasteiger partial charge on any atom is -0.367 e. The van der Waals surface area contributed by atoms with Crippen molar-refractivity contribution in [3.05, 3.63) is 23.9 Å². The Morgan fingerprint density at radius 1 is 1.58 bits per heavy atom. The molecule has 1 aliphatic heterocycles. The maximum atomic E-state index is 12.2. The average Bonchev–Trinajstić information content (AvgIpc) is 2.89. The number of carbonyl (C=O) groups excluding carboxylic acids is 1. The van der Waals surface area contributed by atoms with Gasteiger partial charge in [0.1, 0.15) is 5.82 Å². The maximum absolute atomic E-state index is 12.2. The Morgan fingerprint density at radius 2 is 2.42 bits per heavy atom. The Hall–Kier alpha value is -1.62. The lowest BCUT2D eigenvalue weighted by Crippen LogP contribution is -2.37. The Bertz CT molecular complexity index is 427. The number of nitrogens with zero attached hydrogens (tertiary/aromatic N) is 1. The summed E-state index contributed by atoms with van der Waals surface area (Å²) in [5.74, 6) is 0.583. The minimum absolute atomic E-state index is 0.0649. The smallest absolute Gasteiger partial charge is 0.255 e. The molecule has 1 unspecified atom stereocenters. The van der Waals surface area contributed by atoms with Crippen molar-refractivity contribution in [2.75, 3.05) is 18.4 Å². The summed E-state index contributed by atoms with van der Waals surface area (Å²) in [5, 5.41) is 9.53. The van der Waals surface area contributed by atoms with Crippen molar-refractivity contribution in [3.8, 4) is 0 Å². The van der Waals surface area contributed by atoms with Crippen LogP contribution in [-0.4, -0.2) is 36.1 Å². The van der Waals surface area contributed by atoms with Crippen LogP contribution in [-0.2, 0) is 0 Å². The maximum Gasteiger partial charge on any atom is 0.255 e. The summed E-state index contributed by atoms with van der Waals surface area (Å²) in [5.41, 5.74) is 0.606. The van der Waals surface area contributed by atoms with Crippen LogP contribution in [0.5, 0.6) is 0 Å². The third-order valence-corrected chi connectivity index (χ3v) is 3.15. The highest BCUT2D eigenvalue weighted by Crippen LogP contribution is 2.12. The van der Waals surface area contributed by atoms with E-state index in [2.05, 4.69) is 20.9 Å². The topological polar surface area (TPSA) is 66.0 Å². The van der Waals surface area contributed by atoms with E-state index in [-0.39, 0.29) is 11.9 Å². The van der Waals surface area contributed by atoms with Gasteiger partial charge in [-0.3, -0.25) is 4.79 Å². The van der Waals surface area contributed by atoms with Crippen LogP contribution in [0.3, 0.4) is 0 Å². The van der Waals surface area contributed by atoms with E-state index in [4.69, 9.17) is 0 Å². The fourth-order valence-electron chi connectivity index (χ4n) is 2.22. The van der Waals surface area contributed by atoms with Gasteiger partial charge in [-0.05, 0) is 45.4 Å². The number of aromatic nitrogens is 1. The quantitative estimate of drug-likeness (QED) is 0.750. The molecule has 1 aliphatic rings. The Labute approximate surface area is 114 Å². The fourth-order valence-corrected chi connectivity index (χ4v) is 2.22. The van der Waals surface area contributed by atoms with Crippen LogP contribution in [0.15, 0.2) is 18.3 Å². The van der Waals surface area contributed by atoms with E-state index in [0.29, 0.717) is 24.0 Å². The van der Waals surface area contributed by atoms with Crippen molar-refractivity contribution in [2.24, 2.45) is 0 Å². The molecule has 0 spiro atoms. The van der Waals surface area contributed by atoms with Gasteiger partial charge >= 0.3 is 0 Å². The molecule has 0 aliphatic carbocycles. The second-order valence-electron chi connectivity index (χ2n) is 5.20. The Balaban J connectivity index is 1.97. The molecule has 2 heterocycles. The first-order valence-electron chi connectivity index (χ1n) is 6.90. The SMILES string of the molecule is CC(C)Nc1ncccc1C(=O)NCC1CCCN1. The standard InChI is InChI=1S/C14H22N4O/c1-10(2)18-13-12(6-4-8-16-13)14(19)17-9-11-5-3-7-15-11/h4,6,8,10-11,15H,3,5,7,9H2,1-2H3,(H,16,18)(H,17,19). The van der Waals surface area contributed by atoms with Crippen molar-refractivity contribution in [2.45, 2.75) is 38.8 Å². The largest absolute Gasteiger partial charge is 0.367 e. The molecule has 5 nitrogen and oxygen atoms in total. The molecule has 3 N–H and O–H groups in total. The van der Waals surface area contributed by atoms with Gasteiger partial charge in [-0.25, -0.2) is 4.98 Å². The van der Waals surface area contributed by atoms with E-state index in [0.717, 1.165) is 13.0 Å². The van der Waals surface area contributed by atoms with Crippen molar-refractivity contribution < 1.29 is 4.79 Å². The van der Waals surface area contributed by atoms with Crippen LogP contribution in [0, 0.1) is 0 Å². The normalized spacial score (nSPS) is 18.6. The molecule has 1 aromatic heterocycles. The van der Waals surface area contributed by atoms with E-state index in [1.54, 1.807) is 18.3 Å². The second-order valence-corrected chi connectivity index (χ2v) is 5.20. The van der Waals surface area contributed by atoms with Crippen LogP contribution in [0.25, 0.3) is 0 Å². The number of pyridine rings is 1. The highest BCUT2D eigenvalue weighted by Gasteiger charge is 2.17. The predicted molar refractivity (Wildman–Crippen MR) is 76.4 cm³/mol. The third-order valence-electron chi connectivity index (χ3n) is 3.15. The van der Waals surface area contributed by atoms with Gasteiger partial charge in [-0.2, -0.15) is 0 Å². The lowest BCUT2D eigenvalue weighted by atomic mass is 10.2. The van der Waals surface area contributed by atoms with Crippen LogP contribution in [0.4, 0.5) is 5.82 Å². The molecule has 0 radical (unpaired) electrons. The molecule has 1 aromatic rings. The summed E-state index contributed by atoms with van der Waals surface area (Å²) < 4.78 is 0. The van der Waals surface area contributed by atoms with Crippen LogP contribution in [0.1, 0.15) is 37.0 Å². The van der Waals surface area contributed by atoms with E-state index >= 15 is 0 Å². The minimum atomic E-state index is -0.0649. The monoisotopic (exact) mass is 262 g/mol. The van der Waals surface area contributed by atoms with Crippen molar-refractivity contribution in [1.29, 1.82) is 0 Å². The zero-order valence-electron chi connectivity index (χ0n) is 11.6. The lowest BCUT2D eigenvalue weighted by Gasteiger charge is -2.15. The summed E-state index contributed by atoms with van der Waals surface area (Å²) in [6.07, 6.45) is 4.01. The van der Waals surface area contributed by atoms with Gasteiger partial charge < -0.3 is 16.0 Å². The number of amides is 1. The van der Waals surface area contributed by atoms with Crippen LogP contribution >= 0.6 is 0 Å². The average molecular weight is 262 g/mol. The third kappa shape index (κ3) is 3.92. The number of rotatable bonds is 5. The van der Waals surface area contributed by atoms with E-state index in [1.807, 2.05) is 13.8 Å². The molecule has 0 bridgehead atoms. The number of nitrogens with one attached hydrogen (secondary N) is 3. The first kappa shape index (κ1) is 13.8. The predicted octanol–water partition coefficient (Wildman–Crippen LogP) is 1.38. The van der Waals surface area contributed by atoms with Gasteiger partial charge in [0.25, 0.3) is 5.91 Å². The summed E-state index contributed by atoms with van der Waals surface area (Å²) in [4.78, 5) is 16.4. The van der Waals surface area contributed by atoms with Gasteiger partial charge in [0.05, 0.1) is 5.56 Å². The van der Waals surface area contributed by atoms with E-state index in [1.165, 1.54) is 6.42 Å². The molecular formula is C14H22N4O. The van der Waals surface area contributed by atoms with E-state index in [9.17, 15) is 4.79 Å². The summed E-state index contributed by atoms with van der Waals surface area (Å²) in [6.45, 7) is 5.78. The molecule has 1 saturated heterocycles. The Morgan fingerprint density at radius 3 is 3.11 bits per heavy atom. The molecule has 5 heteroatoms. The van der Waals surface area contributed by atoms with Gasteiger partial charge in [0, 0.05) is 24.8 Å².